The van der Waals surface area contributed by atoms with Crippen molar-refractivity contribution in [2.75, 3.05) is 23.3 Å². The van der Waals surface area contributed by atoms with Crippen molar-refractivity contribution < 1.29 is 22.7 Å². The lowest BCUT2D eigenvalue weighted by molar-refractivity contribution is -0.119. The second-order valence-corrected chi connectivity index (χ2v) is 12.1. The molecular weight excluding hydrogens is 622 g/mol. The molecule has 2 amide bonds. The van der Waals surface area contributed by atoms with Gasteiger partial charge in [0.05, 0.1) is 23.9 Å². The SMILES string of the molecule is COc1ccc(N(CC(=O)N/N=C/c2cc(C)n(-c3cccc(Br)c3)c2C)S(=O)(=O)c2ccc(NC(C)=O)cc2)cc1. The number of hydrogen-bond acceptors (Lipinski definition) is 6. The Labute approximate surface area is 253 Å². The fourth-order valence-corrected chi connectivity index (χ4v) is 6.18. The minimum absolute atomic E-state index is 0.0521. The molecule has 3 aromatic carbocycles. The van der Waals surface area contributed by atoms with Gasteiger partial charge >= 0.3 is 0 Å². The van der Waals surface area contributed by atoms with Crippen LogP contribution in [0.1, 0.15) is 23.9 Å². The normalized spacial score (nSPS) is 11.4. The van der Waals surface area contributed by atoms with Crippen LogP contribution in [-0.4, -0.2) is 44.7 Å². The molecule has 4 rings (SSSR count). The lowest BCUT2D eigenvalue weighted by atomic mass is 10.2. The minimum atomic E-state index is -4.17. The molecule has 0 aliphatic rings. The third kappa shape index (κ3) is 7.07. The van der Waals surface area contributed by atoms with Crippen LogP contribution in [0.3, 0.4) is 0 Å². The average molecular weight is 653 g/mol. The maximum atomic E-state index is 13.7. The molecule has 0 bridgehead atoms. The lowest BCUT2D eigenvalue weighted by Crippen LogP contribution is -2.39. The number of nitrogens with zero attached hydrogens (tertiary/aromatic N) is 3. The van der Waals surface area contributed by atoms with E-state index in [0.29, 0.717) is 11.4 Å². The number of benzene rings is 3. The highest BCUT2D eigenvalue weighted by Gasteiger charge is 2.27. The van der Waals surface area contributed by atoms with E-state index in [2.05, 4.69) is 36.3 Å². The van der Waals surface area contributed by atoms with E-state index in [0.717, 1.165) is 31.4 Å². The molecule has 1 aromatic heterocycles. The zero-order chi connectivity index (χ0) is 30.4. The van der Waals surface area contributed by atoms with Gasteiger partial charge in [-0.15, -0.1) is 0 Å². The number of methoxy groups -OCH3 is 1. The molecule has 0 atom stereocenters. The predicted octanol–water partition coefficient (Wildman–Crippen LogP) is 5.17. The van der Waals surface area contributed by atoms with E-state index < -0.39 is 22.5 Å². The molecule has 0 saturated carbocycles. The first-order valence-electron chi connectivity index (χ1n) is 12.8. The van der Waals surface area contributed by atoms with Crippen molar-refractivity contribution in [1.82, 2.24) is 9.99 Å². The molecular formula is C30H30BrN5O5S. The highest BCUT2D eigenvalue weighted by atomic mass is 79.9. The van der Waals surface area contributed by atoms with Gasteiger partial charge in [-0.1, -0.05) is 22.0 Å². The van der Waals surface area contributed by atoms with Crippen LogP contribution in [0, 0.1) is 13.8 Å². The van der Waals surface area contributed by atoms with Crippen LogP contribution in [0.5, 0.6) is 5.75 Å². The van der Waals surface area contributed by atoms with Gasteiger partial charge in [0.15, 0.2) is 0 Å². The van der Waals surface area contributed by atoms with Gasteiger partial charge in [0, 0.05) is 39.7 Å². The minimum Gasteiger partial charge on any atom is -0.497 e. The maximum absolute atomic E-state index is 13.7. The van der Waals surface area contributed by atoms with E-state index in [9.17, 15) is 18.0 Å². The molecule has 0 aliphatic carbocycles. The van der Waals surface area contributed by atoms with Gasteiger partial charge in [0.1, 0.15) is 12.3 Å². The number of rotatable bonds is 10. The van der Waals surface area contributed by atoms with Gasteiger partial charge in [0.2, 0.25) is 5.91 Å². The molecule has 0 saturated heterocycles. The second kappa shape index (κ2) is 13.0. The molecule has 10 nitrogen and oxygen atoms in total. The Morgan fingerprint density at radius 1 is 1.02 bits per heavy atom. The number of ether oxygens (including phenoxy) is 1. The standard InChI is InChI=1S/C30H30BrN5O5S/c1-20-16-23(21(2)36(20)27-7-5-6-24(31)17-27)18-32-34-30(38)19-35(26-10-12-28(41-4)13-11-26)42(39,40)29-14-8-25(9-15-29)33-22(3)37/h5-18H,19H2,1-4H3,(H,33,37)(H,34,38)/b32-18+. The Bertz CT molecular complexity index is 1730. The van der Waals surface area contributed by atoms with Crippen molar-refractivity contribution in [3.05, 3.63) is 100 Å². The largest absolute Gasteiger partial charge is 0.497 e. The smallest absolute Gasteiger partial charge is 0.264 e. The summed E-state index contributed by atoms with van der Waals surface area (Å²) in [6.45, 7) is 4.75. The fourth-order valence-electron chi connectivity index (χ4n) is 4.37. The summed E-state index contributed by atoms with van der Waals surface area (Å²) in [5, 5.41) is 6.71. The van der Waals surface area contributed by atoms with Crippen LogP contribution >= 0.6 is 15.9 Å². The van der Waals surface area contributed by atoms with Crippen molar-refractivity contribution in [2.45, 2.75) is 25.7 Å². The second-order valence-electron chi connectivity index (χ2n) is 9.35. The fraction of sp³-hybridized carbons (Fsp3) is 0.167. The van der Waals surface area contributed by atoms with Crippen molar-refractivity contribution in [3.8, 4) is 11.4 Å². The van der Waals surface area contributed by atoms with Gasteiger partial charge in [-0.2, -0.15) is 5.10 Å². The Morgan fingerprint density at radius 2 is 1.71 bits per heavy atom. The van der Waals surface area contributed by atoms with Gasteiger partial charge in [-0.25, -0.2) is 13.8 Å². The zero-order valence-corrected chi connectivity index (χ0v) is 25.9. The van der Waals surface area contributed by atoms with E-state index in [1.54, 1.807) is 24.3 Å². The Hall–Kier alpha value is -4.42. The number of hydrazone groups is 1. The molecule has 0 fully saturated rings. The van der Waals surface area contributed by atoms with E-state index in [1.165, 1.54) is 44.5 Å². The molecule has 2 N–H and O–H groups in total. The van der Waals surface area contributed by atoms with Crippen LogP contribution < -0.4 is 19.8 Å². The third-order valence-electron chi connectivity index (χ3n) is 6.34. The Kier molecular flexibility index (Phi) is 9.48. The number of aromatic nitrogens is 1. The number of carbonyl (C=O) groups excluding carboxylic acids is 2. The van der Waals surface area contributed by atoms with Crippen LogP contribution in [0.4, 0.5) is 11.4 Å². The summed E-state index contributed by atoms with van der Waals surface area (Å²) in [4.78, 5) is 24.3. The molecule has 12 heteroatoms. The monoisotopic (exact) mass is 651 g/mol. The quantitative estimate of drug-likeness (QED) is 0.181. The lowest BCUT2D eigenvalue weighted by Gasteiger charge is -2.24. The van der Waals surface area contributed by atoms with Gasteiger partial charge in [-0.05, 0) is 86.6 Å². The summed E-state index contributed by atoms with van der Waals surface area (Å²) in [5.74, 6) is -0.385. The third-order valence-corrected chi connectivity index (χ3v) is 8.62. The van der Waals surface area contributed by atoms with E-state index in [-0.39, 0.29) is 16.5 Å². The number of amides is 2. The molecule has 4 aromatic rings. The predicted molar refractivity (Wildman–Crippen MR) is 167 cm³/mol. The van der Waals surface area contributed by atoms with Crippen molar-refractivity contribution in [2.24, 2.45) is 5.10 Å². The highest BCUT2D eigenvalue weighted by Crippen LogP contribution is 2.27. The highest BCUT2D eigenvalue weighted by molar-refractivity contribution is 9.10. The summed E-state index contributed by atoms with van der Waals surface area (Å²) in [6, 6.07) is 21.9. The number of nitrogens with one attached hydrogen (secondary N) is 2. The summed E-state index contributed by atoms with van der Waals surface area (Å²) in [6.07, 6.45) is 1.53. The summed E-state index contributed by atoms with van der Waals surface area (Å²) in [5.41, 5.74) is 6.85. The molecule has 1 heterocycles. The zero-order valence-electron chi connectivity index (χ0n) is 23.5. The van der Waals surface area contributed by atoms with Crippen LogP contribution in [-0.2, 0) is 19.6 Å². The van der Waals surface area contributed by atoms with E-state index >= 15 is 0 Å². The van der Waals surface area contributed by atoms with Crippen molar-refractivity contribution in [3.63, 3.8) is 0 Å². The van der Waals surface area contributed by atoms with Gasteiger partial charge < -0.3 is 14.6 Å². The number of hydrogen-bond donors (Lipinski definition) is 2. The summed E-state index contributed by atoms with van der Waals surface area (Å²) in [7, 11) is -2.67. The van der Waals surface area contributed by atoms with E-state index in [4.69, 9.17) is 4.74 Å². The topological polar surface area (TPSA) is 122 Å². The first kappa shape index (κ1) is 30.5. The number of sulfonamides is 1. The van der Waals surface area contributed by atoms with Crippen molar-refractivity contribution >= 4 is 55.4 Å². The van der Waals surface area contributed by atoms with Crippen LogP contribution in [0.15, 0.2) is 93.3 Å². The summed E-state index contributed by atoms with van der Waals surface area (Å²) >= 11 is 3.50. The first-order chi connectivity index (χ1) is 20.0. The molecule has 0 unspecified atom stereocenters. The number of anilines is 2. The van der Waals surface area contributed by atoms with E-state index in [1.807, 2.05) is 44.2 Å². The first-order valence-corrected chi connectivity index (χ1v) is 15.0. The number of aryl methyl sites for hydroxylation is 1. The molecule has 0 aliphatic heterocycles. The molecule has 42 heavy (non-hydrogen) atoms. The molecule has 0 spiro atoms. The summed E-state index contributed by atoms with van der Waals surface area (Å²) < 4.78 is 36.6. The van der Waals surface area contributed by atoms with Crippen LogP contribution in [0.2, 0.25) is 0 Å². The number of carbonyl (C=O) groups is 2. The van der Waals surface area contributed by atoms with Gasteiger partial charge in [0.25, 0.3) is 15.9 Å². The Morgan fingerprint density at radius 3 is 2.33 bits per heavy atom. The average Bonchev–Trinajstić information content (AvgIpc) is 3.24. The maximum Gasteiger partial charge on any atom is 0.264 e. The number of halogens is 1. The van der Waals surface area contributed by atoms with Crippen molar-refractivity contribution in [1.29, 1.82) is 0 Å². The Balaban J connectivity index is 1.56. The molecule has 218 valence electrons. The van der Waals surface area contributed by atoms with Crippen LogP contribution in [0.25, 0.3) is 5.69 Å². The van der Waals surface area contributed by atoms with Gasteiger partial charge in [-0.3, -0.25) is 13.9 Å². The molecule has 0 radical (unpaired) electrons.